The molecule has 0 spiro atoms. The molecule has 0 saturated carbocycles. The number of thiophene rings is 3. The molecule has 3 nitrogen and oxygen atoms in total. The molecule has 6 aromatic heterocycles. The van der Waals surface area contributed by atoms with Gasteiger partial charge in [-0.3, -0.25) is 0 Å². The van der Waals surface area contributed by atoms with Crippen LogP contribution in [0.2, 0.25) is 0 Å². The molecule has 0 unspecified atom stereocenters. The summed E-state index contributed by atoms with van der Waals surface area (Å²) in [6.07, 6.45) is 20.5. The highest BCUT2D eigenvalue weighted by Gasteiger charge is 2.18. The number of aryl methyl sites for hydroxylation is 7. The van der Waals surface area contributed by atoms with E-state index >= 15 is 0 Å². The average molecular weight is 991 g/mol. The summed E-state index contributed by atoms with van der Waals surface area (Å²) >= 11 is 5.60. The van der Waals surface area contributed by atoms with Gasteiger partial charge in [-0.05, 0) is 136 Å². The standard InChI is InChI=1S/C48H54N2S2.C17H17NS/c1-5-7-9-11-13-15-17-33-27-45(51-31-33)43-29-35-19-21-39-37-24-26-42-40(38(37)23-25-41(39)47(35)49(43)3)22-20-36-30-44(50(4)48(36)42)46-28-34(32-52-46)18-16-14-12-10-8-6-2;1-5-14-12(3)6-7-13-9-15(18(4)17(13)14)16-8-11(2)10-19-16/h19-32H,5-18H2,1-4H3;5-10H,1H2,2-4H3. The SMILES string of the molecule is C=Cc1c(C)ccc2cc(-c3cc(C)cs3)n(C)c12.CCCCCCCCc1csc(-c2cc3ccc4c5ccc6c(ccc7cc(-c8cc(CCCCCCCC)cs8)n(C)c76)c5ccc4c3n2C)c1. The van der Waals surface area contributed by atoms with Crippen LogP contribution in [0.4, 0.5) is 0 Å². The molecule has 364 valence electrons. The summed E-state index contributed by atoms with van der Waals surface area (Å²) in [7, 11) is 6.65. The number of hydrogen-bond acceptors (Lipinski definition) is 3. The van der Waals surface area contributed by atoms with Crippen LogP contribution < -0.4 is 0 Å². The maximum absolute atomic E-state index is 3.96. The van der Waals surface area contributed by atoms with Crippen LogP contribution in [-0.4, -0.2) is 13.7 Å². The van der Waals surface area contributed by atoms with Crippen molar-refractivity contribution in [1.82, 2.24) is 13.7 Å². The van der Waals surface area contributed by atoms with Crippen LogP contribution in [0, 0.1) is 13.8 Å². The first-order valence-electron chi connectivity index (χ1n) is 26.5. The van der Waals surface area contributed by atoms with Crippen LogP contribution in [0.25, 0.3) is 103 Å². The third kappa shape index (κ3) is 9.73. The van der Waals surface area contributed by atoms with Crippen molar-refractivity contribution in [2.75, 3.05) is 0 Å². The molecule has 11 rings (SSSR count). The highest BCUT2D eigenvalue weighted by molar-refractivity contribution is 7.14. The summed E-state index contributed by atoms with van der Waals surface area (Å²) in [6, 6.07) is 37.4. The molecular weight excluding hydrogens is 919 g/mol. The zero-order chi connectivity index (χ0) is 49.2. The molecule has 0 bridgehead atoms. The number of rotatable bonds is 18. The quantitative estimate of drug-likeness (QED) is 0.0601. The summed E-state index contributed by atoms with van der Waals surface area (Å²) < 4.78 is 7.15. The lowest BCUT2D eigenvalue weighted by molar-refractivity contribution is 0.608. The minimum absolute atomic E-state index is 1.19. The first-order chi connectivity index (χ1) is 34.7. The first kappa shape index (κ1) is 48.9. The number of nitrogens with zero attached hydrogens (tertiary/aromatic N) is 3. The van der Waals surface area contributed by atoms with Crippen LogP contribution in [0.1, 0.15) is 119 Å². The third-order valence-electron chi connectivity index (χ3n) is 15.3. The second kappa shape index (κ2) is 21.6. The highest BCUT2D eigenvalue weighted by Crippen LogP contribution is 2.42. The second-order valence-electron chi connectivity index (χ2n) is 20.3. The fourth-order valence-electron chi connectivity index (χ4n) is 11.4. The van der Waals surface area contributed by atoms with Crippen LogP contribution in [0.5, 0.6) is 0 Å². The van der Waals surface area contributed by atoms with Crippen molar-refractivity contribution in [2.24, 2.45) is 21.1 Å². The molecule has 0 radical (unpaired) electrons. The summed E-state index contributed by atoms with van der Waals surface area (Å²) in [5.74, 6) is 0. The number of aromatic nitrogens is 3. The van der Waals surface area contributed by atoms with E-state index in [1.54, 1.807) is 11.3 Å². The Morgan fingerprint density at radius 3 is 1.27 bits per heavy atom. The summed E-state index contributed by atoms with van der Waals surface area (Å²) in [4.78, 5) is 4.08. The van der Waals surface area contributed by atoms with Gasteiger partial charge in [0.05, 0.1) is 48.3 Å². The molecule has 11 aromatic rings. The Morgan fingerprint density at radius 1 is 0.423 bits per heavy atom. The van der Waals surface area contributed by atoms with Crippen molar-refractivity contribution < 1.29 is 0 Å². The lowest BCUT2D eigenvalue weighted by atomic mass is 9.95. The zero-order valence-electron chi connectivity index (χ0n) is 43.2. The fourth-order valence-corrected chi connectivity index (χ4v) is 14.3. The van der Waals surface area contributed by atoms with Gasteiger partial charge < -0.3 is 13.7 Å². The van der Waals surface area contributed by atoms with Crippen LogP contribution in [0.15, 0.2) is 120 Å². The van der Waals surface area contributed by atoms with E-state index in [0.29, 0.717) is 0 Å². The predicted molar refractivity (Wildman–Crippen MR) is 318 cm³/mol. The molecule has 0 aliphatic heterocycles. The maximum Gasteiger partial charge on any atom is 0.0590 e. The third-order valence-corrected chi connectivity index (χ3v) is 18.3. The van der Waals surface area contributed by atoms with Crippen molar-refractivity contribution >= 4 is 105 Å². The summed E-state index contributed by atoms with van der Waals surface area (Å²) in [5.41, 5.74) is 14.7. The van der Waals surface area contributed by atoms with Crippen molar-refractivity contribution in [3.05, 3.63) is 148 Å². The van der Waals surface area contributed by atoms with E-state index in [0.717, 1.165) is 0 Å². The predicted octanol–water partition coefficient (Wildman–Crippen LogP) is 20.6. The van der Waals surface area contributed by atoms with E-state index in [9.17, 15) is 0 Å². The van der Waals surface area contributed by atoms with Gasteiger partial charge in [-0.1, -0.05) is 151 Å². The van der Waals surface area contributed by atoms with Crippen LogP contribution in [-0.2, 0) is 34.0 Å². The highest BCUT2D eigenvalue weighted by atomic mass is 32.1. The molecule has 0 aliphatic rings. The van der Waals surface area contributed by atoms with Gasteiger partial charge in [0, 0.05) is 53.6 Å². The van der Waals surface area contributed by atoms with Gasteiger partial charge in [-0.25, -0.2) is 0 Å². The van der Waals surface area contributed by atoms with Crippen molar-refractivity contribution in [1.29, 1.82) is 0 Å². The molecule has 0 N–H and O–H groups in total. The van der Waals surface area contributed by atoms with E-state index in [-0.39, 0.29) is 0 Å². The number of unbranched alkanes of at least 4 members (excludes halogenated alkanes) is 10. The fraction of sp³-hybridized carbons (Fsp3) is 0.323. The topological polar surface area (TPSA) is 14.8 Å². The Kier molecular flexibility index (Phi) is 14.9. The van der Waals surface area contributed by atoms with E-state index in [1.807, 2.05) is 28.7 Å². The Morgan fingerprint density at radius 2 is 0.803 bits per heavy atom. The Balaban J connectivity index is 0.000000255. The Bertz CT molecular complexity index is 3490. The van der Waals surface area contributed by atoms with Crippen molar-refractivity contribution in [3.8, 4) is 31.7 Å². The van der Waals surface area contributed by atoms with E-state index in [4.69, 9.17) is 0 Å². The van der Waals surface area contributed by atoms with E-state index in [2.05, 4.69) is 182 Å². The zero-order valence-corrected chi connectivity index (χ0v) is 45.7. The molecule has 0 atom stereocenters. The van der Waals surface area contributed by atoms with Gasteiger partial charge in [0.15, 0.2) is 0 Å². The maximum atomic E-state index is 3.96. The second-order valence-corrected chi connectivity index (χ2v) is 23.0. The lowest BCUT2D eigenvalue weighted by Gasteiger charge is -2.12. The molecule has 0 amide bonds. The average Bonchev–Trinajstić information content (AvgIpc) is 4.26. The molecular formula is C65H71N3S3. The Labute approximate surface area is 434 Å². The molecule has 6 heteroatoms. The van der Waals surface area contributed by atoms with Gasteiger partial charge in [0.1, 0.15) is 0 Å². The normalized spacial score (nSPS) is 11.9. The van der Waals surface area contributed by atoms with E-state index in [1.165, 1.54) is 214 Å². The van der Waals surface area contributed by atoms with Gasteiger partial charge in [0.25, 0.3) is 0 Å². The minimum atomic E-state index is 1.19. The van der Waals surface area contributed by atoms with Gasteiger partial charge >= 0.3 is 0 Å². The van der Waals surface area contributed by atoms with Gasteiger partial charge in [-0.15, -0.1) is 34.0 Å². The number of benzene rings is 5. The lowest BCUT2D eigenvalue weighted by Crippen LogP contribution is -1.93. The number of fused-ring (bicyclic) bond motifs is 10. The minimum Gasteiger partial charge on any atom is -0.342 e. The summed E-state index contributed by atoms with van der Waals surface area (Å²) in [6.45, 7) is 12.8. The van der Waals surface area contributed by atoms with Crippen LogP contribution >= 0.6 is 34.0 Å². The molecule has 0 aliphatic carbocycles. The monoisotopic (exact) mass is 989 g/mol. The van der Waals surface area contributed by atoms with Crippen LogP contribution in [0.3, 0.4) is 0 Å². The summed E-state index contributed by atoms with van der Waals surface area (Å²) in [5, 5.41) is 18.9. The molecule has 71 heavy (non-hydrogen) atoms. The first-order valence-corrected chi connectivity index (χ1v) is 29.1. The number of hydrogen-bond donors (Lipinski definition) is 0. The Hall–Kier alpha value is -5.66. The molecule has 0 saturated heterocycles. The largest absolute Gasteiger partial charge is 0.342 e. The van der Waals surface area contributed by atoms with Gasteiger partial charge in [-0.2, -0.15) is 0 Å². The van der Waals surface area contributed by atoms with Gasteiger partial charge in [0.2, 0.25) is 0 Å². The van der Waals surface area contributed by atoms with Crippen molar-refractivity contribution in [3.63, 3.8) is 0 Å². The smallest absolute Gasteiger partial charge is 0.0590 e. The van der Waals surface area contributed by atoms with E-state index < -0.39 is 0 Å². The van der Waals surface area contributed by atoms with Crippen molar-refractivity contribution in [2.45, 2.75) is 118 Å². The molecule has 6 heterocycles. The molecule has 0 fully saturated rings. The molecule has 5 aromatic carbocycles.